The van der Waals surface area contributed by atoms with Gasteiger partial charge in [-0.05, 0) is 54.2 Å². The van der Waals surface area contributed by atoms with Crippen molar-refractivity contribution in [2.75, 3.05) is 6.54 Å². The Hall–Kier alpha value is -2.62. The number of nitrogens with one attached hydrogen (secondary N) is 1. The number of hydrogen-bond donors (Lipinski definition) is 1. The highest BCUT2D eigenvalue weighted by molar-refractivity contribution is 5.88. The maximum Gasteiger partial charge on any atom is 0.243 e. The molecule has 2 aromatic carbocycles. The SMILES string of the molecule is CC[C@@H](C(=O)NC1CCCC1)N(CCc1ccccc1)C(=O)CCc1ccc(C(C)(C)C)cc1. The van der Waals surface area contributed by atoms with Crippen molar-refractivity contribution in [3.63, 3.8) is 0 Å². The fourth-order valence-corrected chi connectivity index (χ4v) is 4.83. The van der Waals surface area contributed by atoms with Crippen LogP contribution >= 0.6 is 0 Å². The van der Waals surface area contributed by atoms with E-state index in [0.717, 1.165) is 24.8 Å². The van der Waals surface area contributed by atoms with E-state index >= 15 is 0 Å². The van der Waals surface area contributed by atoms with Crippen molar-refractivity contribution in [1.29, 1.82) is 0 Å². The summed E-state index contributed by atoms with van der Waals surface area (Å²) in [6, 6.07) is 18.6. The molecule has 3 rings (SSSR count). The Morgan fingerprint density at radius 2 is 1.56 bits per heavy atom. The second kappa shape index (κ2) is 12.2. The molecule has 2 amide bonds. The van der Waals surface area contributed by atoms with Gasteiger partial charge in [-0.2, -0.15) is 0 Å². The van der Waals surface area contributed by atoms with Gasteiger partial charge < -0.3 is 10.2 Å². The number of rotatable bonds is 10. The highest BCUT2D eigenvalue weighted by Crippen LogP contribution is 2.23. The van der Waals surface area contributed by atoms with Gasteiger partial charge >= 0.3 is 0 Å². The molecule has 34 heavy (non-hydrogen) atoms. The largest absolute Gasteiger partial charge is 0.352 e. The quantitative estimate of drug-likeness (QED) is 0.483. The number of amides is 2. The summed E-state index contributed by atoms with van der Waals surface area (Å²) in [7, 11) is 0. The Morgan fingerprint density at radius 1 is 0.941 bits per heavy atom. The zero-order valence-electron chi connectivity index (χ0n) is 21.5. The molecule has 0 unspecified atom stereocenters. The van der Waals surface area contributed by atoms with Crippen LogP contribution in [0.1, 0.15) is 82.9 Å². The van der Waals surface area contributed by atoms with Gasteiger partial charge in [0.15, 0.2) is 0 Å². The lowest BCUT2D eigenvalue weighted by molar-refractivity contribution is -0.141. The molecule has 1 aliphatic carbocycles. The molecular formula is C30H42N2O2. The molecule has 0 aromatic heterocycles. The normalized spacial score (nSPS) is 15.2. The van der Waals surface area contributed by atoms with Gasteiger partial charge in [0.1, 0.15) is 6.04 Å². The highest BCUT2D eigenvalue weighted by Gasteiger charge is 2.30. The minimum Gasteiger partial charge on any atom is -0.352 e. The molecule has 0 saturated heterocycles. The summed E-state index contributed by atoms with van der Waals surface area (Å²) in [5.74, 6) is 0.0644. The Bertz CT molecular complexity index is 909. The van der Waals surface area contributed by atoms with Gasteiger partial charge in [-0.3, -0.25) is 9.59 Å². The summed E-state index contributed by atoms with van der Waals surface area (Å²) in [6.45, 7) is 9.18. The van der Waals surface area contributed by atoms with Crippen LogP contribution in [0.3, 0.4) is 0 Å². The van der Waals surface area contributed by atoms with E-state index in [1.165, 1.54) is 24.0 Å². The first-order valence-corrected chi connectivity index (χ1v) is 13.0. The maximum atomic E-state index is 13.5. The van der Waals surface area contributed by atoms with Crippen molar-refractivity contribution in [1.82, 2.24) is 10.2 Å². The van der Waals surface area contributed by atoms with Crippen molar-refractivity contribution < 1.29 is 9.59 Å². The van der Waals surface area contributed by atoms with Gasteiger partial charge in [-0.25, -0.2) is 0 Å². The van der Waals surface area contributed by atoms with E-state index in [0.29, 0.717) is 25.8 Å². The standard InChI is InChI=1S/C30H42N2O2/c1-5-27(29(34)31-26-13-9-10-14-26)32(22-21-23-11-7-6-8-12-23)28(33)20-17-24-15-18-25(19-16-24)30(2,3)4/h6-8,11-12,15-16,18-19,26-27H,5,9-10,13-14,17,20-22H2,1-4H3,(H,31,34)/t27-/m0/s1. The molecule has 1 aliphatic rings. The molecule has 1 atom stereocenters. The number of benzene rings is 2. The van der Waals surface area contributed by atoms with E-state index in [2.05, 4.69) is 62.5 Å². The van der Waals surface area contributed by atoms with Crippen molar-refractivity contribution in [2.24, 2.45) is 0 Å². The molecule has 2 aromatic rings. The molecule has 0 spiro atoms. The van der Waals surface area contributed by atoms with Gasteiger partial charge in [0, 0.05) is 19.0 Å². The summed E-state index contributed by atoms with van der Waals surface area (Å²) < 4.78 is 0. The molecule has 0 bridgehead atoms. The predicted molar refractivity (Wildman–Crippen MR) is 140 cm³/mol. The van der Waals surface area contributed by atoms with Gasteiger partial charge in [0.05, 0.1) is 0 Å². The van der Waals surface area contributed by atoms with E-state index in [4.69, 9.17) is 0 Å². The van der Waals surface area contributed by atoms with Crippen LogP contribution in [0.2, 0.25) is 0 Å². The van der Waals surface area contributed by atoms with Crippen molar-refractivity contribution in [3.05, 3.63) is 71.3 Å². The lowest BCUT2D eigenvalue weighted by Gasteiger charge is -2.31. The molecule has 1 fully saturated rings. The van der Waals surface area contributed by atoms with Crippen LogP contribution in [0.15, 0.2) is 54.6 Å². The van der Waals surface area contributed by atoms with Gasteiger partial charge in [-0.1, -0.05) is 95.1 Å². The molecule has 1 saturated carbocycles. The monoisotopic (exact) mass is 462 g/mol. The topological polar surface area (TPSA) is 49.4 Å². The zero-order valence-corrected chi connectivity index (χ0v) is 21.5. The average molecular weight is 463 g/mol. The lowest BCUT2D eigenvalue weighted by atomic mass is 9.86. The molecular weight excluding hydrogens is 420 g/mol. The molecule has 1 N–H and O–H groups in total. The van der Waals surface area contributed by atoms with Crippen LogP contribution in [-0.4, -0.2) is 35.3 Å². The Morgan fingerprint density at radius 3 is 2.15 bits per heavy atom. The third-order valence-electron chi connectivity index (χ3n) is 7.02. The van der Waals surface area contributed by atoms with Crippen LogP contribution in [0.4, 0.5) is 0 Å². The summed E-state index contributed by atoms with van der Waals surface area (Å²) in [4.78, 5) is 28.5. The number of nitrogens with zero attached hydrogens (tertiary/aromatic N) is 1. The maximum absolute atomic E-state index is 13.5. The molecule has 0 radical (unpaired) electrons. The van der Waals surface area contributed by atoms with E-state index in [1.807, 2.05) is 30.0 Å². The first kappa shape index (κ1) is 26.0. The van der Waals surface area contributed by atoms with Crippen molar-refractivity contribution in [2.45, 2.75) is 96.6 Å². The predicted octanol–water partition coefficient (Wildman–Crippen LogP) is 5.83. The molecule has 0 heterocycles. The average Bonchev–Trinajstić information content (AvgIpc) is 3.33. The van der Waals surface area contributed by atoms with Gasteiger partial charge in [-0.15, -0.1) is 0 Å². The Balaban J connectivity index is 1.68. The second-order valence-electron chi connectivity index (χ2n) is 10.7. The lowest BCUT2D eigenvalue weighted by Crippen LogP contribution is -2.51. The fourth-order valence-electron chi connectivity index (χ4n) is 4.83. The third-order valence-corrected chi connectivity index (χ3v) is 7.02. The fraction of sp³-hybridized carbons (Fsp3) is 0.533. The number of carbonyl (C=O) groups excluding carboxylic acids is 2. The Kier molecular flexibility index (Phi) is 9.32. The van der Waals surface area contributed by atoms with E-state index < -0.39 is 6.04 Å². The van der Waals surface area contributed by atoms with Crippen molar-refractivity contribution in [3.8, 4) is 0 Å². The number of carbonyl (C=O) groups is 2. The van der Waals surface area contributed by atoms with E-state index in [1.54, 1.807) is 0 Å². The van der Waals surface area contributed by atoms with Gasteiger partial charge in [0.25, 0.3) is 0 Å². The third kappa shape index (κ3) is 7.44. The number of hydrogen-bond acceptors (Lipinski definition) is 2. The first-order chi connectivity index (χ1) is 16.3. The van der Waals surface area contributed by atoms with Gasteiger partial charge in [0.2, 0.25) is 11.8 Å². The highest BCUT2D eigenvalue weighted by atomic mass is 16.2. The molecule has 4 heteroatoms. The summed E-state index contributed by atoms with van der Waals surface area (Å²) in [5, 5.41) is 3.22. The minimum absolute atomic E-state index is 0.00495. The minimum atomic E-state index is -0.417. The van der Waals surface area contributed by atoms with Crippen LogP contribution in [0, 0.1) is 0 Å². The van der Waals surface area contributed by atoms with E-state index in [9.17, 15) is 9.59 Å². The summed E-state index contributed by atoms with van der Waals surface area (Å²) in [5.41, 5.74) is 3.75. The molecule has 4 nitrogen and oxygen atoms in total. The first-order valence-electron chi connectivity index (χ1n) is 13.0. The summed E-state index contributed by atoms with van der Waals surface area (Å²) in [6.07, 6.45) is 6.91. The second-order valence-corrected chi connectivity index (χ2v) is 10.7. The van der Waals surface area contributed by atoms with Crippen LogP contribution in [0.5, 0.6) is 0 Å². The molecule has 0 aliphatic heterocycles. The van der Waals surface area contributed by atoms with Crippen LogP contribution < -0.4 is 5.32 Å². The zero-order chi connectivity index (χ0) is 24.6. The smallest absolute Gasteiger partial charge is 0.243 e. The van der Waals surface area contributed by atoms with Crippen molar-refractivity contribution >= 4 is 11.8 Å². The van der Waals surface area contributed by atoms with Crippen LogP contribution in [-0.2, 0) is 27.8 Å². The van der Waals surface area contributed by atoms with E-state index in [-0.39, 0.29) is 23.3 Å². The number of aryl methyl sites for hydroxylation is 1. The molecule has 184 valence electrons. The Labute approximate surface area is 206 Å². The summed E-state index contributed by atoms with van der Waals surface area (Å²) >= 11 is 0. The van der Waals surface area contributed by atoms with Crippen LogP contribution in [0.25, 0.3) is 0 Å².